The molecular weight excluding hydrogens is 266 g/mol. The first-order valence-corrected chi connectivity index (χ1v) is 9.15. The fourth-order valence-electron chi connectivity index (χ4n) is 1.54. The zero-order chi connectivity index (χ0) is 13.7. The van der Waals surface area contributed by atoms with E-state index in [9.17, 15) is 21.9 Å². The number of aliphatic hydroxyl groups is 1. The second-order valence-corrected chi connectivity index (χ2v) is 8.46. The van der Waals surface area contributed by atoms with Crippen molar-refractivity contribution in [3.8, 4) is 0 Å². The van der Waals surface area contributed by atoms with E-state index in [1.807, 2.05) is 13.8 Å². The molecule has 0 aliphatic carbocycles. The van der Waals surface area contributed by atoms with E-state index in [0.29, 0.717) is 0 Å². The molecule has 0 bridgehead atoms. The summed E-state index contributed by atoms with van der Waals surface area (Å²) in [6.07, 6.45) is 1.54. The minimum atomic E-state index is -3.88. The Balaban J connectivity index is 4.37. The van der Waals surface area contributed by atoms with Crippen LogP contribution in [0.15, 0.2) is 0 Å². The predicted octanol–water partition coefficient (Wildman–Crippen LogP) is -0.295. The standard InChI is InChI=1S/C9H21NO5S2/c1-4-8(5-2)9(11)6-10-17(14,15)7-16(3,12)13/h8-11H,4-7H2,1-3H3. The Morgan fingerprint density at radius 3 is 1.94 bits per heavy atom. The Morgan fingerprint density at radius 2 is 1.59 bits per heavy atom. The van der Waals surface area contributed by atoms with E-state index in [2.05, 4.69) is 4.72 Å². The summed E-state index contributed by atoms with van der Waals surface area (Å²) in [4.78, 5) is 0. The molecule has 0 aromatic heterocycles. The lowest BCUT2D eigenvalue weighted by atomic mass is 9.97. The fourth-order valence-corrected chi connectivity index (χ4v) is 4.55. The molecule has 0 heterocycles. The van der Waals surface area contributed by atoms with E-state index in [4.69, 9.17) is 0 Å². The third-order valence-electron chi connectivity index (χ3n) is 2.47. The highest BCUT2D eigenvalue weighted by atomic mass is 32.3. The van der Waals surface area contributed by atoms with Crippen LogP contribution in [-0.4, -0.2) is 45.9 Å². The average Bonchev–Trinajstić information content (AvgIpc) is 2.13. The van der Waals surface area contributed by atoms with Crippen molar-refractivity contribution < 1.29 is 21.9 Å². The maximum absolute atomic E-state index is 11.3. The monoisotopic (exact) mass is 287 g/mol. The highest BCUT2D eigenvalue weighted by Gasteiger charge is 2.21. The van der Waals surface area contributed by atoms with Crippen molar-refractivity contribution in [1.29, 1.82) is 0 Å². The van der Waals surface area contributed by atoms with Crippen molar-refractivity contribution in [1.82, 2.24) is 4.72 Å². The van der Waals surface area contributed by atoms with Crippen LogP contribution >= 0.6 is 0 Å². The quantitative estimate of drug-likeness (QED) is 0.638. The van der Waals surface area contributed by atoms with Crippen LogP contribution in [0.1, 0.15) is 26.7 Å². The number of nitrogens with one attached hydrogen (secondary N) is 1. The Morgan fingerprint density at radius 1 is 1.12 bits per heavy atom. The molecule has 0 radical (unpaired) electrons. The first-order valence-electron chi connectivity index (χ1n) is 5.44. The number of hydrogen-bond acceptors (Lipinski definition) is 5. The lowest BCUT2D eigenvalue weighted by Gasteiger charge is -2.20. The van der Waals surface area contributed by atoms with Crippen molar-refractivity contribution >= 4 is 19.9 Å². The molecule has 0 aliphatic rings. The second-order valence-electron chi connectivity index (χ2n) is 4.15. The number of sulfone groups is 1. The van der Waals surface area contributed by atoms with Crippen LogP contribution in [-0.2, 0) is 19.9 Å². The molecule has 0 aromatic carbocycles. The summed E-state index contributed by atoms with van der Waals surface area (Å²) in [5, 5.41) is 8.75. The van der Waals surface area contributed by atoms with Crippen molar-refractivity contribution in [2.24, 2.45) is 5.92 Å². The summed E-state index contributed by atoms with van der Waals surface area (Å²) >= 11 is 0. The summed E-state index contributed by atoms with van der Waals surface area (Å²) in [5.41, 5.74) is 0. The highest BCUT2D eigenvalue weighted by molar-refractivity contribution is 8.06. The van der Waals surface area contributed by atoms with E-state index in [1.54, 1.807) is 0 Å². The summed E-state index contributed by atoms with van der Waals surface area (Å²) in [6.45, 7) is 3.66. The molecule has 0 rings (SSSR count). The highest BCUT2D eigenvalue weighted by Crippen LogP contribution is 2.12. The van der Waals surface area contributed by atoms with Crippen LogP contribution in [0.3, 0.4) is 0 Å². The van der Waals surface area contributed by atoms with E-state index in [0.717, 1.165) is 19.1 Å². The lowest BCUT2D eigenvalue weighted by molar-refractivity contribution is 0.107. The van der Waals surface area contributed by atoms with E-state index >= 15 is 0 Å². The van der Waals surface area contributed by atoms with Gasteiger partial charge in [0.15, 0.2) is 14.9 Å². The zero-order valence-corrected chi connectivity index (χ0v) is 12.0. The van der Waals surface area contributed by atoms with Gasteiger partial charge >= 0.3 is 0 Å². The molecule has 0 spiro atoms. The molecule has 2 N–H and O–H groups in total. The molecule has 17 heavy (non-hydrogen) atoms. The van der Waals surface area contributed by atoms with Crippen LogP contribution in [0.25, 0.3) is 0 Å². The molecule has 0 saturated carbocycles. The largest absolute Gasteiger partial charge is 0.391 e. The van der Waals surface area contributed by atoms with Gasteiger partial charge in [-0.1, -0.05) is 26.7 Å². The number of hydrogen-bond donors (Lipinski definition) is 2. The maximum Gasteiger partial charge on any atom is 0.226 e. The van der Waals surface area contributed by atoms with Gasteiger partial charge in [-0.05, 0) is 5.92 Å². The summed E-state index contributed by atoms with van der Waals surface area (Å²) < 4.78 is 46.5. The van der Waals surface area contributed by atoms with E-state index < -0.39 is 31.0 Å². The minimum absolute atomic E-state index is 0.0101. The Labute approximate surface area is 103 Å². The predicted molar refractivity (Wildman–Crippen MR) is 66.7 cm³/mol. The Bertz CT molecular complexity index is 411. The van der Waals surface area contributed by atoms with Gasteiger partial charge in [0, 0.05) is 12.8 Å². The molecule has 6 nitrogen and oxygen atoms in total. The molecule has 0 amide bonds. The molecular formula is C9H21NO5S2. The Kier molecular flexibility index (Phi) is 6.60. The Hall–Kier alpha value is -0.180. The van der Waals surface area contributed by atoms with Crippen LogP contribution in [0, 0.1) is 5.92 Å². The van der Waals surface area contributed by atoms with Gasteiger partial charge in [-0.25, -0.2) is 21.6 Å². The normalized spacial score (nSPS) is 15.1. The summed E-state index contributed by atoms with van der Waals surface area (Å²) in [6, 6.07) is 0. The fraction of sp³-hybridized carbons (Fsp3) is 1.00. The average molecular weight is 287 g/mol. The topological polar surface area (TPSA) is 101 Å². The first-order chi connectivity index (χ1) is 7.61. The summed E-state index contributed by atoms with van der Waals surface area (Å²) in [5.74, 6) is 0.0101. The third-order valence-corrected chi connectivity index (χ3v) is 6.03. The smallest absolute Gasteiger partial charge is 0.226 e. The van der Waals surface area contributed by atoms with Gasteiger partial charge in [-0.3, -0.25) is 0 Å². The second kappa shape index (κ2) is 6.67. The van der Waals surface area contributed by atoms with Gasteiger partial charge in [0.05, 0.1) is 6.10 Å². The first kappa shape index (κ1) is 16.8. The molecule has 0 aromatic rings. The number of sulfonamides is 1. The SMILES string of the molecule is CCC(CC)C(O)CNS(=O)(=O)CS(C)(=O)=O. The van der Waals surface area contributed by atoms with Crippen molar-refractivity contribution in [3.05, 3.63) is 0 Å². The molecule has 104 valence electrons. The molecule has 1 atom stereocenters. The van der Waals surface area contributed by atoms with E-state index in [1.165, 1.54) is 0 Å². The minimum Gasteiger partial charge on any atom is -0.391 e. The molecule has 0 aliphatic heterocycles. The van der Waals surface area contributed by atoms with Crippen LogP contribution in [0.5, 0.6) is 0 Å². The lowest BCUT2D eigenvalue weighted by Crippen LogP contribution is -2.38. The summed E-state index contributed by atoms with van der Waals surface area (Å²) in [7, 11) is -7.48. The van der Waals surface area contributed by atoms with Gasteiger partial charge in [-0.2, -0.15) is 0 Å². The molecule has 0 saturated heterocycles. The molecule has 0 fully saturated rings. The van der Waals surface area contributed by atoms with Crippen LogP contribution in [0.4, 0.5) is 0 Å². The van der Waals surface area contributed by atoms with Gasteiger partial charge in [0.2, 0.25) is 10.0 Å². The van der Waals surface area contributed by atoms with Crippen molar-refractivity contribution in [2.75, 3.05) is 17.9 Å². The number of aliphatic hydroxyl groups excluding tert-OH is 1. The van der Waals surface area contributed by atoms with Crippen molar-refractivity contribution in [2.45, 2.75) is 32.8 Å². The number of rotatable bonds is 8. The van der Waals surface area contributed by atoms with Gasteiger partial charge < -0.3 is 5.11 Å². The molecule has 8 heteroatoms. The third kappa shape index (κ3) is 7.69. The van der Waals surface area contributed by atoms with Gasteiger partial charge in [0.1, 0.15) is 0 Å². The maximum atomic E-state index is 11.3. The van der Waals surface area contributed by atoms with Crippen LogP contribution in [0.2, 0.25) is 0 Å². The molecule has 1 unspecified atom stereocenters. The van der Waals surface area contributed by atoms with E-state index in [-0.39, 0.29) is 12.5 Å². The van der Waals surface area contributed by atoms with Crippen LogP contribution < -0.4 is 4.72 Å². The van der Waals surface area contributed by atoms with Gasteiger partial charge in [0.25, 0.3) is 0 Å². The van der Waals surface area contributed by atoms with Gasteiger partial charge in [-0.15, -0.1) is 0 Å². The zero-order valence-electron chi connectivity index (χ0n) is 10.4. The van der Waals surface area contributed by atoms with Crippen molar-refractivity contribution in [3.63, 3.8) is 0 Å².